The standard InChI is InChI=1S/C20H26FN3O3S/c1-4-24(5-2)28(26,27)19-12-6-16(7-13-19)15(3)22-14-20(25)23-18-10-8-17(21)9-11-18/h6-13,15,22H,4-5,14H2,1-3H3,(H,23,25). The van der Waals surface area contributed by atoms with Gasteiger partial charge in [-0.2, -0.15) is 4.31 Å². The minimum Gasteiger partial charge on any atom is -0.325 e. The molecule has 8 heteroatoms. The molecule has 0 fully saturated rings. The maximum atomic E-state index is 12.9. The van der Waals surface area contributed by atoms with Gasteiger partial charge in [0.15, 0.2) is 0 Å². The van der Waals surface area contributed by atoms with Gasteiger partial charge in [0.05, 0.1) is 11.4 Å². The van der Waals surface area contributed by atoms with E-state index in [1.807, 2.05) is 6.92 Å². The molecule has 0 aliphatic rings. The Morgan fingerprint density at radius 3 is 2.14 bits per heavy atom. The summed E-state index contributed by atoms with van der Waals surface area (Å²) in [5.41, 5.74) is 1.39. The second-order valence-corrected chi connectivity index (χ2v) is 8.25. The highest BCUT2D eigenvalue weighted by molar-refractivity contribution is 7.89. The predicted octanol–water partition coefficient (Wildman–Crippen LogP) is 3.15. The van der Waals surface area contributed by atoms with Crippen molar-refractivity contribution >= 4 is 21.6 Å². The summed E-state index contributed by atoms with van der Waals surface area (Å²) >= 11 is 0. The van der Waals surface area contributed by atoms with Gasteiger partial charge in [-0.25, -0.2) is 12.8 Å². The molecule has 6 nitrogen and oxygen atoms in total. The maximum absolute atomic E-state index is 12.9. The molecule has 0 heterocycles. The largest absolute Gasteiger partial charge is 0.325 e. The normalized spacial score (nSPS) is 12.8. The first-order valence-corrected chi connectivity index (χ1v) is 10.6. The van der Waals surface area contributed by atoms with Crippen LogP contribution >= 0.6 is 0 Å². The lowest BCUT2D eigenvalue weighted by atomic mass is 10.1. The van der Waals surface area contributed by atoms with Crippen LogP contribution in [0.4, 0.5) is 10.1 Å². The van der Waals surface area contributed by atoms with E-state index in [2.05, 4.69) is 10.6 Å². The van der Waals surface area contributed by atoms with Gasteiger partial charge in [-0.1, -0.05) is 26.0 Å². The number of hydrogen-bond donors (Lipinski definition) is 2. The zero-order valence-corrected chi connectivity index (χ0v) is 17.1. The second-order valence-electron chi connectivity index (χ2n) is 6.32. The van der Waals surface area contributed by atoms with Crippen molar-refractivity contribution in [3.8, 4) is 0 Å². The van der Waals surface area contributed by atoms with Gasteiger partial charge in [-0.15, -0.1) is 0 Å². The molecule has 2 rings (SSSR count). The lowest BCUT2D eigenvalue weighted by Crippen LogP contribution is -2.31. The average Bonchev–Trinajstić information content (AvgIpc) is 2.68. The summed E-state index contributed by atoms with van der Waals surface area (Å²) in [6, 6.07) is 12.0. The van der Waals surface area contributed by atoms with Crippen molar-refractivity contribution < 1.29 is 17.6 Å². The molecule has 28 heavy (non-hydrogen) atoms. The Bertz CT molecular complexity index is 880. The van der Waals surface area contributed by atoms with Gasteiger partial charge in [0.1, 0.15) is 5.82 Å². The lowest BCUT2D eigenvalue weighted by molar-refractivity contribution is -0.115. The fourth-order valence-electron chi connectivity index (χ4n) is 2.74. The van der Waals surface area contributed by atoms with Gasteiger partial charge in [-0.3, -0.25) is 4.79 Å². The Morgan fingerprint density at radius 1 is 1.04 bits per heavy atom. The summed E-state index contributed by atoms with van der Waals surface area (Å²) in [4.78, 5) is 12.3. The molecule has 1 atom stereocenters. The van der Waals surface area contributed by atoms with Crippen molar-refractivity contribution in [2.45, 2.75) is 31.7 Å². The first-order valence-electron chi connectivity index (χ1n) is 9.16. The third-order valence-electron chi connectivity index (χ3n) is 4.42. The van der Waals surface area contributed by atoms with Crippen molar-refractivity contribution in [2.24, 2.45) is 0 Å². The van der Waals surface area contributed by atoms with Crippen LogP contribution in [0.2, 0.25) is 0 Å². The Morgan fingerprint density at radius 2 is 1.61 bits per heavy atom. The van der Waals surface area contributed by atoms with Crippen LogP contribution in [0, 0.1) is 5.82 Å². The number of carbonyl (C=O) groups excluding carboxylic acids is 1. The summed E-state index contributed by atoms with van der Waals surface area (Å²) in [5.74, 6) is -0.615. The number of benzene rings is 2. The molecule has 152 valence electrons. The van der Waals surface area contributed by atoms with Crippen molar-refractivity contribution in [3.63, 3.8) is 0 Å². The smallest absolute Gasteiger partial charge is 0.243 e. The van der Waals surface area contributed by atoms with Crippen LogP contribution in [-0.4, -0.2) is 38.3 Å². The van der Waals surface area contributed by atoms with Crippen LogP contribution in [0.25, 0.3) is 0 Å². The van der Waals surface area contributed by atoms with Crippen LogP contribution in [0.3, 0.4) is 0 Å². The fraction of sp³-hybridized carbons (Fsp3) is 0.350. The van der Waals surface area contributed by atoms with Crippen LogP contribution in [-0.2, 0) is 14.8 Å². The van der Waals surface area contributed by atoms with Crippen molar-refractivity contribution in [2.75, 3.05) is 25.0 Å². The molecule has 0 spiro atoms. The van der Waals surface area contributed by atoms with E-state index < -0.39 is 10.0 Å². The maximum Gasteiger partial charge on any atom is 0.243 e. The number of anilines is 1. The highest BCUT2D eigenvalue weighted by Gasteiger charge is 2.21. The van der Waals surface area contributed by atoms with E-state index in [1.165, 1.54) is 28.6 Å². The Hall–Kier alpha value is -2.29. The Labute approximate surface area is 165 Å². The predicted molar refractivity (Wildman–Crippen MR) is 108 cm³/mol. The molecule has 0 aromatic heterocycles. The summed E-state index contributed by atoms with van der Waals surface area (Å²) in [6.45, 7) is 6.40. The van der Waals surface area contributed by atoms with Gasteiger partial charge in [-0.05, 0) is 48.9 Å². The van der Waals surface area contributed by atoms with Crippen LogP contribution in [0.5, 0.6) is 0 Å². The third kappa shape index (κ3) is 5.60. The number of rotatable bonds is 9. The summed E-state index contributed by atoms with van der Waals surface area (Å²) in [7, 11) is -3.48. The molecule has 0 radical (unpaired) electrons. The minimum atomic E-state index is -3.48. The fourth-order valence-corrected chi connectivity index (χ4v) is 4.20. The number of halogens is 1. The van der Waals surface area contributed by atoms with E-state index in [4.69, 9.17) is 0 Å². The molecule has 2 aromatic rings. The average molecular weight is 408 g/mol. The van der Waals surface area contributed by atoms with E-state index in [0.29, 0.717) is 18.8 Å². The van der Waals surface area contributed by atoms with Crippen molar-refractivity contribution in [3.05, 3.63) is 59.9 Å². The van der Waals surface area contributed by atoms with Crippen LogP contribution in [0.15, 0.2) is 53.4 Å². The molecular formula is C20H26FN3O3S. The third-order valence-corrected chi connectivity index (χ3v) is 6.48. The van der Waals surface area contributed by atoms with Crippen molar-refractivity contribution in [1.82, 2.24) is 9.62 Å². The summed E-state index contributed by atoms with van der Waals surface area (Å²) in [5, 5.41) is 5.76. The molecular weight excluding hydrogens is 381 g/mol. The molecule has 2 aromatic carbocycles. The Kier molecular flexibility index (Phi) is 7.68. The number of amides is 1. The van der Waals surface area contributed by atoms with E-state index in [9.17, 15) is 17.6 Å². The first kappa shape index (κ1) is 22.0. The molecule has 0 aliphatic carbocycles. The zero-order valence-electron chi connectivity index (χ0n) is 16.3. The zero-order chi connectivity index (χ0) is 20.7. The minimum absolute atomic E-state index is 0.0675. The number of hydrogen-bond acceptors (Lipinski definition) is 4. The quantitative estimate of drug-likeness (QED) is 0.669. The van der Waals surface area contributed by atoms with Crippen LogP contribution in [0.1, 0.15) is 32.4 Å². The molecule has 0 saturated carbocycles. The van der Waals surface area contributed by atoms with E-state index in [1.54, 1.807) is 38.1 Å². The number of carbonyl (C=O) groups is 1. The van der Waals surface area contributed by atoms with Gasteiger partial charge >= 0.3 is 0 Å². The summed E-state index contributed by atoms with van der Waals surface area (Å²) in [6.07, 6.45) is 0. The molecule has 0 saturated heterocycles. The molecule has 2 N–H and O–H groups in total. The Balaban J connectivity index is 1.94. The molecule has 1 amide bonds. The molecule has 0 aliphatic heterocycles. The molecule has 1 unspecified atom stereocenters. The SMILES string of the molecule is CCN(CC)S(=O)(=O)c1ccc(C(C)NCC(=O)Nc2ccc(F)cc2)cc1. The van der Waals surface area contributed by atoms with E-state index in [0.717, 1.165) is 5.56 Å². The number of nitrogens with zero attached hydrogens (tertiary/aromatic N) is 1. The van der Waals surface area contributed by atoms with E-state index >= 15 is 0 Å². The van der Waals surface area contributed by atoms with Crippen molar-refractivity contribution in [1.29, 1.82) is 0 Å². The lowest BCUT2D eigenvalue weighted by Gasteiger charge is -2.19. The van der Waals surface area contributed by atoms with Gasteiger partial charge in [0, 0.05) is 24.8 Å². The topological polar surface area (TPSA) is 78.5 Å². The number of sulfonamides is 1. The van der Waals surface area contributed by atoms with Gasteiger partial charge in [0.2, 0.25) is 15.9 Å². The highest BCUT2D eigenvalue weighted by Crippen LogP contribution is 2.19. The number of nitrogens with one attached hydrogen (secondary N) is 2. The summed E-state index contributed by atoms with van der Waals surface area (Å²) < 4.78 is 39.3. The van der Waals surface area contributed by atoms with Gasteiger partial charge in [0.25, 0.3) is 0 Å². The molecule has 0 bridgehead atoms. The highest BCUT2D eigenvalue weighted by atomic mass is 32.2. The first-order chi connectivity index (χ1) is 13.3. The van der Waals surface area contributed by atoms with Crippen LogP contribution < -0.4 is 10.6 Å². The second kappa shape index (κ2) is 9.77. The van der Waals surface area contributed by atoms with Gasteiger partial charge < -0.3 is 10.6 Å². The van der Waals surface area contributed by atoms with E-state index in [-0.39, 0.29) is 29.2 Å². The monoisotopic (exact) mass is 407 g/mol.